The van der Waals surface area contributed by atoms with E-state index in [4.69, 9.17) is 0 Å². The van der Waals surface area contributed by atoms with Crippen molar-refractivity contribution < 1.29 is 18.0 Å². The Morgan fingerprint density at radius 1 is 1.17 bits per heavy atom. The molecule has 2 N–H and O–H groups in total. The molecule has 0 unspecified atom stereocenters. The SMILES string of the molecule is CCNC(=O)CN1CCCN(C(=O)CCN=C2NS(=O)(=O)c3ccccc32)CC1. The molecule has 2 amide bonds. The summed E-state index contributed by atoms with van der Waals surface area (Å²) in [6, 6.07) is 6.66. The van der Waals surface area contributed by atoms with Gasteiger partial charge in [-0.25, -0.2) is 8.42 Å². The molecule has 29 heavy (non-hydrogen) atoms. The maximum absolute atomic E-state index is 12.5. The quantitative estimate of drug-likeness (QED) is 0.660. The van der Waals surface area contributed by atoms with Gasteiger partial charge >= 0.3 is 0 Å². The van der Waals surface area contributed by atoms with Crippen molar-refractivity contribution in [2.24, 2.45) is 4.99 Å². The molecule has 2 heterocycles. The third kappa shape index (κ3) is 5.33. The minimum absolute atomic E-state index is 0.00222. The minimum atomic E-state index is -3.57. The standard InChI is InChI=1S/C19H27N5O4S/c1-2-20-17(25)14-23-10-5-11-24(13-12-23)18(26)8-9-21-19-15-6-3-4-7-16(15)29(27,28)22-19/h3-4,6-7H,2,5,8-14H2,1H3,(H,20,25)(H,21,22). The summed E-state index contributed by atoms with van der Waals surface area (Å²) in [4.78, 5) is 32.7. The third-order valence-electron chi connectivity index (χ3n) is 4.94. The Morgan fingerprint density at radius 2 is 1.97 bits per heavy atom. The fourth-order valence-electron chi connectivity index (χ4n) is 3.51. The number of amidine groups is 1. The number of benzene rings is 1. The summed E-state index contributed by atoms with van der Waals surface area (Å²) in [5, 5.41) is 2.79. The lowest BCUT2D eigenvalue weighted by Gasteiger charge is -2.21. The molecule has 10 heteroatoms. The Hall–Kier alpha value is -2.46. The molecule has 0 aromatic heterocycles. The molecular weight excluding hydrogens is 394 g/mol. The van der Waals surface area contributed by atoms with Gasteiger partial charge in [-0.15, -0.1) is 0 Å². The number of likely N-dealkylation sites (N-methyl/N-ethyl adjacent to an activating group) is 1. The number of hydrogen-bond donors (Lipinski definition) is 2. The highest BCUT2D eigenvalue weighted by molar-refractivity contribution is 7.90. The smallest absolute Gasteiger partial charge is 0.263 e. The van der Waals surface area contributed by atoms with E-state index in [1.54, 1.807) is 23.1 Å². The number of nitrogens with zero attached hydrogens (tertiary/aromatic N) is 3. The molecule has 1 aromatic rings. The molecule has 0 radical (unpaired) electrons. The van der Waals surface area contributed by atoms with Crippen LogP contribution in [0, 0.1) is 0 Å². The van der Waals surface area contributed by atoms with Crippen molar-refractivity contribution in [2.75, 3.05) is 45.8 Å². The van der Waals surface area contributed by atoms with E-state index >= 15 is 0 Å². The Kier molecular flexibility index (Phi) is 6.86. The largest absolute Gasteiger partial charge is 0.355 e. The number of aliphatic imine (C=N–C) groups is 1. The number of hydrogen-bond acceptors (Lipinski definition) is 6. The van der Waals surface area contributed by atoms with Gasteiger partial charge in [-0.2, -0.15) is 0 Å². The maximum Gasteiger partial charge on any atom is 0.263 e. The zero-order valence-electron chi connectivity index (χ0n) is 16.6. The van der Waals surface area contributed by atoms with Crippen molar-refractivity contribution in [1.29, 1.82) is 0 Å². The van der Waals surface area contributed by atoms with Gasteiger partial charge < -0.3 is 10.2 Å². The van der Waals surface area contributed by atoms with Gasteiger partial charge in [0.2, 0.25) is 11.8 Å². The predicted octanol–water partition coefficient (Wildman–Crippen LogP) is -0.214. The zero-order valence-corrected chi connectivity index (χ0v) is 17.4. The molecule has 0 saturated carbocycles. The first-order valence-electron chi connectivity index (χ1n) is 9.84. The van der Waals surface area contributed by atoms with Crippen LogP contribution in [0.4, 0.5) is 0 Å². The maximum atomic E-state index is 12.5. The summed E-state index contributed by atoms with van der Waals surface area (Å²) in [6.07, 6.45) is 1.02. The summed E-state index contributed by atoms with van der Waals surface area (Å²) in [5.41, 5.74) is 0.538. The second-order valence-corrected chi connectivity index (χ2v) is 8.70. The normalized spacial score (nSPS) is 20.0. The lowest BCUT2D eigenvalue weighted by molar-refractivity contribution is -0.130. The molecule has 0 atom stereocenters. The molecule has 1 aromatic carbocycles. The highest BCUT2D eigenvalue weighted by Crippen LogP contribution is 2.22. The monoisotopic (exact) mass is 421 g/mol. The number of sulfonamides is 1. The molecule has 0 aliphatic carbocycles. The first-order chi connectivity index (χ1) is 13.9. The van der Waals surface area contributed by atoms with Crippen LogP contribution < -0.4 is 10.0 Å². The van der Waals surface area contributed by atoms with Gasteiger partial charge in [0.25, 0.3) is 10.0 Å². The van der Waals surface area contributed by atoms with Crippen molar-refractivity contribution in [2.45, 2.75) is 24.7 Å². The van der Waals surface area contributed by atoms with Crippen molar-refractivity contribution >= 4 is 27.7 Å². The second-order valence-electron chi connectivity index (χ2n) is 7.05. The van der Waals surface area contributed by atoms with Crippen LogP contribution in [0.3, 0.4) is 0 Å². The van der Waals surface area contributed by atoms with Crippen LogP contribution in [0.25, 0.3) is 0 Å². The first kappa shape index (κ1) is 21.3. The Morgan fingerprint density at radius 3 is 2.76 bits per heavy atom. The topological polar surface area (TPSA) is 111 Å². The molecule has 9 nitrogen and oxygen atoms in total. The Bertz CT molecular complexity index is 900. The van der Waals surface area contributed by atoms with Crippen LogP contribution in [0.2, 0.25) is 0 Å². The molecule has 1 saturated heterocycles. The molecule has 2 aliphatic heterocycles. The molecule has 1 fully saturated rings. The zero-order chi connectivity index (χ0) is 20.9. The number of carbonyl (C=O) groups excluding carboxylic acids is 2. The lowest BCUT2D eigenvalue weighted by atomic mass is 10.2. The summed E-state index contributed by atoms with van der Waals surface area (Å²) in [7, 11) is -3.57. The highest BCUT2D eigenvalue weighted by Gasteiger charge is 2.30. The van der Waals surface area contributed by atoms with Gasteiger partial charge in [-0.1, -0.05) is 12.1 Å². The Labute approximate surface area is 171 Å². The molecule has 0 spiro atoms. The predicted molar refractivity (Wildman–Crippen MR) is 109 cm³/mol. The first-order valence-corrected chi connectivity index (χ1v) is 11.3. The van der Waals surface area contributed by atoms with Gasteiger partial charge in [0.15, 0.2) is 0 Å². The summed E-state index contributed by atoms with van der Waals surface area (Å²) < 4.78 is 26.6. The molecule has 158 valence electrons. The van der Waals surface area contributed by atoms with Crippen molar-refractivity contribution in [1.82, 2.24) is 19.8 Å². The number of fused-ring (bicyclic) bond motifs is 1. The van der Waals surface area contributed by atoms with Gasteiger partial charge in [-0.3, -0.25) is 24.2 Å². The van der Waals surface area contributed by atoms with E-state index in [-0.39, 0.29) is 35.5 Å². The van der Waals surface area contributed by atoms with E-state index in [1.807, 2.05) is 6.92 Å². The van der Waals surface area contributed by atoms with Gasteiger partial charge in [0.1, 0.15) is 5.84 Å². The molecule has 2 aliphatic rings. The van der Waals surface area contributed by atoms with Crippen molar-refractivity contribution in [3.63, 3.8) is 0 Å². The molecule has 3 rings (SSSR count). The average Bonchev–Trinajstić information content (AvgIpc) is 2.83. The molecular formula is C19H27N5O4S. The van der Waals surface area contributed by atoms with E-state index in [2.05, 4.69) is 19.9 Å². The number of carbonyl (C=O) groups is 2. The summed E-state index contributed by atoms with van der Waals surface area (Å²) in [5.74, 6) is 0.281. The second kappa shape index (κ2) is 9.36. The Balaban J connectivity index is 1.51. The van der Waals surface area contributed by atoms with Gasteiger partial charge in [-0.05, 0) is 25.5 Å². The van der Waals surface area contributed by atoms with E-state index < -0.39 is 10.0 Å². The van der Waals surface area contributed by atoms with Crippen LogP contribution in [0.15, 0.2) is 34.2 Å². The van der Waals surface area contributed by atoms with E-state index in [0.29, 0.717) is 38.3 Å². The average molecular weight is 422 g/mol. The summed E-state index contributed by atoms with van der Waals surface area (Å²) >= 11 is 0. The number of rotatable bonds is 6. The summed E-state index contributed by atoms with van der Waals surface area (Å²) in [6.45, 7) is 5.72. The lowest BCUT2D eigenvalue weighted by Crippen LogP contribution is -2.40. The van der Waals surface area contributed by atoms with E-state index in [1.165, 1.54) is 6.07 Å². The van der Waals surface area contributed by atoms with Gasteiger partial charge in [0, 0.05) is 44.7 Å². The number of amides is 2. The van der Waals surface area contributed by atoms with Gasteiger partial charge in [0.05, 0.1) is 18.0 Å². The van der Waals surface area contributed by atoms with Crippen LogP contribution >= 0.6 is 0 Å². The van der Waals surface area contributed by atoms with E-state index in [0.717, 1.165) is 13.0 Å². The van der Waals surface area contributed by atoms with Crippen LogP contribution in [0.1, 0.15) is 25.3 Å². The van der Waals surface area contributed by atoms with Crippen molar-refractivity contribution in [3.8, 4) is 0 Å². The number of nitrogens with one attached hydrogen (secondary N) is 2. The van der Waals surface area contributed by atoms with Crippen LogP contribution in [0.5, 0.6) is 0 Å². The third-order valence-corrected chi connectivity index (χ3v) is 6.34. The van der Waals surface area contributed by atoms with E-state index in [9.17, 15) is 18.0 Å². The van der Waals surface area contributed by atoms with Crippen LogP contribution in [-0.4, -0.2) is 81.7 Å². The van der Waals surface area contributed by atoms with Crippen molar-refractivity contribution in [3.05, 3.63) is 29.8 Å². The fourth-order valence-corrected chi connectivity index (χ4v) is 4.76. The molecule has 0 bridgehead atoms. The fraction of sp³-hybridized carbons (Fsp3) is 0.526. The minimum Gasteiger partial charge on any atom is -0.355 e. The highest BCUT2D eigenvalue weighted by atomic mass is 32.2. The van der Waals surface area contributed by atoms with Crippen LogP contribution in [-0.2, 0) is 19.6 Å².